The molecule has 0 saturated heterocycles. The molecule has 2 heterocycles. The van der Waals surface area contributed by atoms with Crippen molar-refractivity contribution in [1.29, 1.82) is 0 Å². The largest absolute Gasteiger partial charge is 0.291 e. The van der Waals surface area contributed by atoms with Gasteiger partial charge in [0, 0.05) is 12.4 Å². The number of pyridine rings is 2. The van der Waals surface area contributed by atoms with Crippen molar-refractivity contribution in [3.8, 4) is 0 Å². The molecule has 0 spiro atoms. The molecule has 2 rings (SSSR count). The number of hydrogen-bond donors (Lipinski definition) is 0. The van der Waals surface area contributed by atoms with Gasteiger partial charge < -0.3 is 0 Å². The lowest BCUT2D eigenvalue weighted by Gasteiger charge is -2.20. The molecule has 4 nitrogen and oxygen atoms in total. The van der Waals surface area contributed by atoms with Crippen molar-refractivity contribution in [3.63, 3.8) is 0 Å². The van der Waals surface area contributed by atoms with E-state index in [1.165, 1.54) is 12.4 Å². The molecule has 0 N–H and O–H groups in total. The third kappa shape index (κ3) is 2.57. The van der Waals surface area contributed by atoms with Crippen LogP contribution in [0.2, 0.25) is 0 Å². The zero-order chi connectivity index (χ0) is 13.9. The Labute approximate surface area is 111 Å². The zero-order valence-corrected chi connectivity index (χ0v) is 10.8. The van der Waals surface area contributed by atoms with Crippen molar-refractivity contribution >= 4 is 11.6 Å². The standard InChI is InChI=1S/C15H14N2O2/c1-15(2,13(18)11-7-3-5-9-16-11)14(19)12-8-4-6-10-17-12/h3-10H,1-2H3. The molecule has 2 aromatic heterocycles. The highest BCUT2D eigenvalue weighted by Gasteiger charge is 2.38. The topological polar surface area (TPSA) is 59.9 Å². The first kappa shape index (κ1) is 13.1. The Hall–Kier alpha value is -2.36. The number of ketones is 2. The number of Topliss-reactive ketones (excluding diaryl/α,β-unsaturated/α-hetero) is 2. The fraction of sp³-hybridized carbons (Fsp3) is 0.200. The Morgan fingerprint density at radius 1 is 0.842 bits per heavy atom. The van der Waals surface area contributed by atoms with Gasteiger partial charge in [0.05, 0.1) is 5.41 Å². The minimum absolute atomic E-state index is 0.289. The van der Waals surface area contributed by atoms with Crippen LogP contribution in [0, 0.1) is 5.41 Å². The second-order valence-corrected chi connectivity index (χ2v) is 4.71. The van der Waals surface area contributed by atoms with Crippen LogP contribution in [-0.4, -0.2) is 21.5 Å². The van der Waals surface area contributed by atoms with Gasteiger partial charge >= 0.3 is 0 Å². The van der Waals surface area contributed by atoms with Gasteiger partial charge in [-0.1, -0.05) is 12.1 Å². The summed E-state index contributed by atoms with van der Waals surface area (Å²) in [6.07, 6.45) is 3.07. The molecule has 0 aliphatic rings. The summed E-state index contributed by atoms with van der Waals surface area (Å²) < 4.78 is 0. The summed E-state index contributed by atoms with van der Waals surface area (Å²) in [5.41, 5.74) is -0.600. The van der Waals surface area contributed by atoms with Crippen molar-refractivity contribution < 1.29 is 9.59 Å². The van der Waals surface area contributed by atoms with Crippen molar-refractivity contribution in [3.05, 3.63) is 60.2 Å². The molecule has 0 saturated carbocycles. The fourth-order valence-electron chi connectivity index (χ4n) is 1.74. The van der Waals surface area contributed by atoms with Gasteiger partial charge in [-0.25, -0.2) is 0 Å². The Balaban J connectivity index is 2.33. The van der Waals surface area contributed by atoms with Gasteiger partial charge in [0.15, 0.2) is 11.6 Å². The molecule has 2 aromatic rings. The Bertz CT molecular complexity index is 539. The molecule has 4 heteroatoms. The predicted molar refractivity (Wildman–Crippen MR) is 70.9 cm³/mol. The third-order valence-corrected chi connectivity index (χ3v) is 2.93. The average molecular weight is 254 g/mol. The maximum atomic E-state index is 12.4. The van der Waals surface area contributed by atoms with Crippen LogP contribution in [-0.2, 0) is 0 Å². The molecule has 0 radical (unpaired) electrons. The van der Waals surface area contributed by atoms with Crippen LogP contribution >= 0.6 is 0 Å². The van der Waals surface area contributed by atoms with Crippen LogP contribution in [0.4, 0.5) is 0 Å². The number of nitrogens with zero attached hydrogens (tertiary/aromatic N) is 2. The van der Waals surface area contributed by atoms with Crippen LogP contribution in [0.15, 0.2) is 48.8 Å². The van der Waals surface area contributed by atoms with Gasteiger partial charge in [-0.3, -0.25) is 19.6 Å². The number of rotatable bonds is 4. The highest BCUT2D eigenvalue weighted by Crippen LogP contribution is 2.25. The third-order valence-electron chi connectivity index (χ3n) is 2.93. The van der Waals surface area contributed by atoms with Crippen LogP contribution in [0.3, 0.4) is 0 Å². The summed E-state index contributed by atoms with van der Waals surface area (Å²) >= 11 is 0. The normalized spacial score (nSPS) is 11.1. The second-order valence-electron chi connectivity index (χ2n) is 4.71. The molecule has 0 aliphatic heterocycles. The first-order valence-corrected chi connectivity index (χ1v) is 5.95. The van der Waals surface area contributed by atoms with Gasteiger partial charge in [-0.05, 0) is 38.1 Å². The minimum Gasteiger partial charge on any atom is -0.291 e. The van der Waals surface area contributed by atoms with E-state index in [1.54, 1.807) is 50.2 Å². The number of hydrogen-bond acceptors (Lipinski definition) is 4. The summed E-state index contributed by atoms with van der Waals surface area (Å²) in [4.78, 5) is 32.7. The molecule has 0 bridgehead atoms. The van der Waals surface area contributed by atoms with E-state index in [-0.39, 0.29) is 23.0 Å². The molecule has 0 amide bonds. The van der Waals surface area contributed by atoms with Crippen molar-refractivity contribution in [2.24, 2.45) is 5.41 Å². The second kappa shape index (κ2) is 5.10. The number of carbonyl (C=O) groups excluding carboxylic acids is 2. The zero-order valence-electron chi connectivity index (χ0n) is 10.8. The van der Waals surface area contributed by atoms with Gasteiger partial charge in [0.1, 0.15) is 11.4 Å². The van der Waals surface area contributed by atoms with Crippen LogP contribution in [0.1, 0.15) is 34.8 Å². The van der Waals surface area contributed by atoms with Crippen LogP contribution in [0.5, 0.6) is 0 Å². The van der Waals surface area contributed by atoms with E-state index in [0.29, 0.717) is 0 Å². The van der Waals surface area contributed by atoms with Crippen LogP contribution < -0.4 is 0 Å². The molecule has 0 unspecified atom stereocenters. The molecule has 0 atom stereocenters. The molecular formula is C15H14N2O2. The Morgan fingerprint density at radius 2 is 1.26 bits per heavy atom. The predicted octanol–water partition coefficient (Wildman–Crippen LogP) is 2.57. The first-order valence-electron chi connectivity index (χ1n) is 5.95. The molecule has 0 aromatic carbocycles. The summed E-state index contributed by atoms with van der Waals surface area (Å²) in [6, 6.07) is 10.1. The quantitative estimate of drug-likeness (QED) is 0.621. The molecular weight excluding hydrogens is 240 g/mol. The Kier molecular flexibility index (Phi) is 3.51. The molecule has 0 aliphatic carbocycles. The van der Waals surface area contributed by atoms with Crippen molar-refractivity contribution in [2.45, 2.75) is 13.8 Å². The SMILES string of the molecule is CC(C)(C(=O)c1ccccn1)C(=O)c1ccccn1. The summed E-state index contributed by atoms with van der Waals surface area (Å²) in [7, 11) is 0. The van der Waals surface area contributed by atoms with Crippen LogP contribution in [0.25, 0.3) is 0 Å². The van der Waals surface area contributed by atoms with Crippen molar-refractivity contribution in [1.82, 2.24) is 9.97 Å². The fourth-order valence-corrected chi connectivity index (χ4v) is 1.74. The Morgan fingerprint density at radius 3 is 1.58 bits per heavy atom. The van der Waals surface area contributed by atoms with Gasteiger partial charge in [0.2, 0.25) is 0 Å². The maximum Gasteiger partial charge on any atom is 0.194 e. The molecule has 19 heavy (non-hydrogen) atoms. The minimum atomic E-state index is -1.18. The molecule has 96 valence electrons. The highest BCUT2D eigenvalue weighted by molar-refractivity contribution is 6.17. The lowest BCUT2D eigenvalue weighted by Crippen LogP contribution is -2.34. The van der Waals surface area contributed by atoms with Gasteiger partial charge in [-0.2, -0.15) is 0 Å². The van der Waals surface area contributed by atoms with Gasteiger partial charge in [0.25, 0.3) is 0 Å². The lowest BCUT2D eigenvalue weighted by atomic mass is 9.80. The summed E-state index contributed by atoms with van der Waals surface area (Å²) in [5.74, 6) is -0.604. The van der Waals surface area contributed by atoms with E-state index in [0.717, 1.165) is 0 Å². The van der Waals surface area contributed by atoms with E-state index in [2.05, 4.69) is 9.97 Å². The molecule has 0 fully saturated rings. The van der Waals surface area contributed by atoms with E-state index in [4.69, 9.17) is 0 Å². The van der Waals surface area contributed by atoms with Gasteiger partial charge in [-0.15, -0.1) is 0 Å². The smallest absolute Gasteiger partial charge is 0.194 e. The highest BCUT2D eigenvalue weighted by atomic mass is 16.2. The van der Waals surface area contributed by atoms with E-state index in [1.807, 2.05) is 0 Å². The number of carbonyl (C=O) groups is 2. The summed E-state index contributed by atoms with van der Waals surface area (Å²) in [6.45, 7) is 3.20. The van der Waals surface area contributed by atoms with E-state index >= 15 is 0 Å². The van der Waals surface area contributed by atoms with E-state index < -0.39 is 5.41 Å². The van der Waals surface area contributed by atoms with E-state index in [9.17, 15) is 9.59 Å². The lowest BCUT2D eigenvalue weighted by molar-refractivity contribution is 0.0705. The summed E-state index contributed by atoms with van der Waals surface area (Å²) in [5, 5.41) is 0. The average Bonchev–Trinajstić information content (AvgIpc) is 2.47. The maximum absolute atomic E-state index is 12.4. The number of aromatic nitrogens is 2. The van der Waals surface area contributed by atoms with Crippen molar-refractivity contribution in [2.75, 3.05) is 0 Å². The monoisotopic (exact) mass is 254 g/mol. The first-order chi connectivity index (χ1) is 9.03.